The van der Waals surface area contributed by atoms with Crippen molar-refractivity contribution in [2.45, 2.75) is 25.8 Å². The second kappa shape index (κ2) is 6.48. The number of aromatic nitrogens is 2. The van der Waals surface area contributed by atoms with Gasteiger partial charge in [0, 0.05) is 31.9 Å². The third-order valence-electron chi connectivity index (χ3n) is 3.21. The molecule has 0 radical (unpaired) electrons. The first-order valence-corrected chi connectivity index (χ1v) is 6.63. The Morgan fingerprint density at radius 1 is 1.37 bits per heavy atom. The molecule has 0 saturated carbocycles. The molecule has 0 aliphatic heterocycles. The van der Waals surface area contributed by atoms with Gasteiger partial charge in [-0.2, -0.15) is 0 Å². The van der Waals surface area contributed by atoms with Gasteiger partial charge in [0.1, 0.15) is 11.6 Å². The van der Waals surface area contributed by atoms with E-state index < -0.39 is 0 Å². The lowest BCUT2D eigenvalue weighted by molar-refractivity contribution is 0.502. The van der Waals surface area contributed by atoms with Crippen LogP contribution in [0, 0.1) is 5.82 Å². The SMILES string of the molecule is CCNC(Cc1cccc(F)c1)Cc1nccn1C. The van der Waals surface area contributed by atoms with E-state index in [0.717, 1.165) is 30.8 Å². The van der Waals surface area contributed by atoms with E-state index in [1.54, 1.807) is 18.3 Å². The van der Waals surface area contributed by atoms with Crippen molar-refractivity contribution in [2.24, 2.45) is 7.05 Å². The van der Waals surface area contributed by atoms with Crippen molar-refractivity contribution in [2.75, 3.05) is 6.54 Å². The molecule has 0 aliphatic carbocycles. The van der Waals surface area contributed by atoms with Crippen molar-refractivity contribution in [3.63, 3.8) is 0 Å². The van der Waals surface area contributed by atoms with Gasteiger partial charge in [-0.25, -0.2) is 9.37 Å². The van der Waals surface area contributed by atoms with Crippen LogP contribution in [-0.4, -0.2) is 22.1 Å². The van der Waals surface area contributed by atoms with Gasteiger partial charge in [-0.15, -0.1) is 0 Å². The number of aryl methyl sites for hydroxylation is 1. The number of hydrogen-bond acceptors (Lipinski definition) is 2. The van der Waals surface area contributed by atoms with E-state index in [1.165, 1.54) is 6.07 Å². The quantitative estimate of drug-likeness (QED) is 0.865. The standard InChI is InChI=1S/C15H20FN3/c1-3-17-14(11-15-18-7-8-19(15)2)10-12-5-4-6-13(16)9-12/h4-9,14,17H,3,10-11H2,1-2H3. The summed E-state index contributed by atoms with van der Waals surface area (Å²) in [6, 6.07) is 7.07. The first-order valence-electron chi connectivity index (χ1n) is 6.63. The van der Waals surface area contributed by atoms with Gasteiger partial charge in [-0.3, -0.25) is 0 Å². The van der Waals surface area contributed by atoms with Crippen LogP contribution in [0.1, 0.15) is 18.3 Å². The average molecular weight is 261 g/mol. The van der Waals surface area contributed by atoms with Gasteiger partial charge >= 0.3 is 0 Å². The molecule has 3 nitrogen and oxygen atoms in total. The Labute approximate surface area is 113 Å². The van der Waals surface area contributed by atoms with Crippen LogP contribution in [0.3, 0.4) is 0 Å². The number of likely N-dealkylation sites (N-methyl/N-ethyl adjacent to an activating group) is 1. The Hall–Kier alpha value is -1.68. The number of hydrogen-bond donors (Lipinski definition) is 1. The van der Waals surface area contributed by atoms with Crippen LogP contribution in [0.15, 0.2) is 36.7 Å². The molecule has 19 heavy (non-hydrogen) atoms. The number of rotatable bonds is 6. The van der Waals surface area contributed by atoms with E-state index in [-0.39, 0.29) is 11.9 Å². The van der Waals surface area contributed by atoms with Gasteiger partial charge < -0.3 is 9.88 Å². The number of imidazole rings is 1. The fourth-order valence-electron chi connectivity index (χ4n) is 2.27. The maximum absolute atomic E-state index is 13.2. The molecular weight excluding hydrogens is 241 g/mol. The van der Waals surface area contributed by atoms with Crippen molar-refractivity contribution < 1.29 is 4.39 Å². The Morgan fingerprint density at radius 3 is 2.84 bits per heavy atom. The first kappa shape index (κ1) is 13.7. The van der Waals surface area contributed by atoms with Crippen LogP contribution >= 0.6 is 0 Å². The molecule has 1 heterocycles. The molecule has 0 fully saturated rings. The zero-order chi connectivity index (χ0) is 13.7. The lowest BCUT2D eigenvalue weighted by Gasteiger charge is -2.17. The van der Waals surface area contributed by atoms with Gasteiger partial charge in [0.25, 0.3) is 0 Å². The lowest BCUT2D eigenvalue weighted by Crippen LogP contribution is -2.33. The molecule has 1 aromatic carbocycles. The van der Waals surface area contributed by atoms with Crippen LogP contribution in [0.5, 0.6) is 0 Å². The summed E-state index contributed by atoms with van der Waals surface area (Å²) >= 11 is 0. The molecule has 0 spiro atoms. The highest BCUT2D eigenvalue weighted by molar-refractivity contribution is 5.18. The minimum absolute atomic E-state index is 0.176. The minimum Gasteiger partial charge on any atom is -0.338 e. The fraction of sp³-hybridized carbons (Fsp3) is 0.400. The van der Waals surface area contributed by atoms with E-state index >= 15 is 0 Å². The van der Waals surface area contributed by atoms with E-state index in [4.69, 9.17) is 0 Å². The Balaban J connectivity index is 2.06. The largest absolute Gasteiger partial charge is 0.338 e. The predicted octanol–water partition coefficient (Wildman–Crippen LogP) is 2.32. The highest BCUT2D eigenvalue weighted by atomic mass is 19.1. The highest BCUT2D eigenvalue weighted by Gasteiger charge is 2.12. The maximum Gasteiger partial charge on any atom is 0.123 e. The highest BCUT2D eigenvalue weighted by Crippen LogP contribution is 2.09. The molecule has 4 heteroatoms. The zero-order valence-electron chi connectivity index (χ0n) is 11.4. The lowest BCUT2D eigenvalue weighted by atomic mass is 10.0. The molecule has 0 aliphatic rings. The van der Waals surface area contributed by atoms with Crippen LogP contribution in [0.25, 0.3) is 0 Å². The van der Waals surface area contributed by atoms with Gasteiger partial charge in [-0.1, -0.05) is 19.1 Å². The molecule has 0 saturated heterocycles. The van der Waals surface area contributed by atoms with Gasteiger partial charge in [0.15, 0.2) is 0 Å². The second-order valence-corrected chi connectivity index (χ2v) is 4.75. The van der Waals surface area contributed by atoms with Crippen molar-refractivity contribution in [1.29, 1.82) is 0 Å². The van der Waals surface area contributed by atoms with Crippen LogP contribution in [-0.2, 0) is 19.9 Å². The van der Waals surface area contributed by atoms with E-state index in [2.05, 4.69) is 17.2 Å². The molecule has 1 N–H and O–H groups in total. The minimum atomic E-state index is -0.176. The van der Waals surface area contributed by atoms with Crippen LogP contribution in [0.2, 0.25) is 0 Å². The monoisotopic (exact) mass is 261 g/mol. The zero-order valence-corrected chi connectivity index (χ0v) is 11.4. The maximum atomic E-state index is 13.2. The summed E-state index contributed by atoms with van der Waals surface area (Å²) in [4.78, 5) is 4.35. The molecule has 2 rings (SSSR count). The normalized spacial score (nSPS) is 12.6. The Morgan fingerprint density at radius 2 is 2.21 bits per heavy atom. The van der Waals surface area contributed by atoms with Gasteiger partial charge in [0.05, 0.1) is 0 Å². The summed E-state index contributed by atoms with van der Waals surface area (Å²) in [6.45, 7) is 2.97. The van der Waals surface area contributed by atoms with Gasteiger partial charge in [0.2, 0.25) is 0 Å². The topological polar surface area (TPSA) is 29.9 Å². The summed E-state index contributed by atoms with van der Waals surface area (Å²) < 4.78 is 15.2. The summed E-state index contributed by atoms with van der Waals surface area (Å²) in [7, 11) is 1.99. The third kappa shape index (κ3) is 3.89. The van der Waals surface area contributed by atoms with Crippen LogP contribution < -0.4 is 5.32 Å². The molecule has 102 valence electrons. The predicted molar refractivity (Wildman–Crippen MR) is 74.5 cm³/mol. The van der Waals surface area contributed by atoms with Crippen molar-refractivity contribution in [3.8, 4) is 0 Å². The van der Waals surface area contributed by atoms with E-state index in [9.17, 15) is 4.39 Å². The summed E-state index contributed by atoms with van der Waals surface area (Å²) in [5.74, 6) is 0.868. The van der Waals surface area contributed by atoms with Gasteiger partial charge in [-0.05, 0) is 30.7 Å². The molecule has 0 bridgehead atoms. The van der Waals surface area contributed by atoms with Crippen molar-refractivity contribution in [1.82, 2.24) is 14.9 Å². The number of benzene rings is 1. The smallest absolute Gasteiger partial charge is 0.123 e. The van der Waals surface area contributed by atoms with Crippen LogP contribution in [0.4, 0.5) is 4.39 Å². The molecule has 1 atom stereocenters. The molecule has 2 aromatic rings. The Bertz CT molecular complexity index is 522. The summed E-state index contributed by atoms with van der Waals surface area (Å²) in [6.07, 6.45) is 5.40. The second-order valence-electron chi connectivity index (χ2n) is 4.75. The third-order valence-corrected chi connectivity index (χ3v) is 3.21. The molecule has 1 unspecified atom stereocenters. The number of nitrogens with one attached hydrogen (secondary N) is 1. The Kier molecular flexibility index (Phi) is 4.68. The molecule has 0 amide bonds. The number of halogens is 1. The molecule has 1 aromatic heterocycles. The number of nitrogens with zero attached hydrogens (tertiary/aromatic N) is 2. The van der Waals surface area contributed by atoms with E-state index in [0.29, 0.717) is 0 Å². The average Bonchev–Trinajstić information content (AvgIpc) is 2.75. The van der Waals surface area contributed by atoms with Crippen molar-refractivity contribution in [3.05, 3.63) is 53.9 Å². The molecular formula is C15H20FN3. The summed E-state index contributed by atoms with van der Waals surface area (Å²) in [5.41, 5.74) is 1.01. The van der Waals surface area contributed by atoms with E-state index in [1.807, 2.05) is 23.9 Å². The summed E-state index contributed by atoms with van der Waals surface area (Å²) in [5, 5.41) is 3.44. The fourth-order valence-corrected chi connectivity index (χ4v) is 2.27. The van der Waals surface area contributed by atoms with Crippen molar-refractivity contribution >= 4 is 0 Å². The first-order chi connectivity index (χ1) is 9.19.